The molecule has 0 saturated heterocycles. The molecule has 1 saturated carbocycles. The molecule has 0 aliphatic heterocycles. The van der Waals surface area contributed by atoms with Crippen LogP contribution in [-0.2, 0) is 20.1 Å². The van der Waals surface area contributed by atoms with Crippen LogP contribution in [0, 0.1) is 5.92 Å². The predicted octanol–water partition coefficient (Wildman–Crippen LogP) is 2.46. The van der Waals surface area contributed by atoms with Crippen molar-refractivity contribution < 1.29 is 0 Å². The SMILES string of the molecule is Cn1ncc2c(=O)[nH]c(CN(Cc3ccccc3)CC3CCC3)nc21. The van der Waals surface area contributed by atoms with Crippen molar-refractivity contribution in [3.8, 4) is 0 Å². The van der Waals surface area contributed by atoms with Gasteiger partial charge in [-0.15, -0.1) is 0 Å². The van der Waals surface area contributed by atoms with E-state index in [4.69, 9.17) is 0 Å². The van der Waals surface area contributed by atoms with Gasteiger partial charge in [0.25, 0.3) is 5.56 Å². The molecule has 4 rings (SSSR count). The Labute approximate surface area is 146 Å². The number of aromatic amines is 1. The lowest BCUT2D eigenvalue weighted by Gasteiger charge is -2.32. The normalized spacial score (nSPS) is 15.0. The van der Waals surface area contributed by atoms with Crippen LogP contribution in [-0.4, -0.2) is 31.2 Å². The van der Waals surface area contributed by atoms with Crippen molar-refractivity contribution in [3.63, 3.8) is 0 Å². The molecule has 2 aromatic heterocycles. The van der Waals surface area contributed by atoms with E-state index in [1.54, 1.807) is 10.9 Å². The fraction of sp³-hybridized carbons (Fsp3) is 0.421. The minimum Gasteiger partial charge on any atom is -0.309 e. The molecule has 2 heterocycles. The number of nitrogens with zero attached hydrogens (tertiary/aromatic N) is 4. The topological polar surface area (TPSA) is 66.8 Å². The van der Waals surface area contributed by atoms with Crippen molar-refractivity contribution in [1.29, 1.82) is 0 Å². The average molecular weight is 337 g/mol. The van der Waals surface area contributed by atoms with Crippen LogP contribution in [0.15, 0.2) is 41.3 Å². The maximum atomic E-state index is 12.3. The summed E-state index contributed by atoms with van der Waals surface area (Å²) in [5, 5.41) is 4.68. The van der Waals surface area contributed by atoms with E-state index in [2.05, 4.69) is 44.2 Å². The first kappa shape index (κ1) is 16.0. The van der Waals surface area contributed by atoms with E-state index in [0.717, 1.165) is 19.0 Å². The van der Waals surface area contributed by atoms with Crippen LogP contribution in [0.25, 0.3) is 11.0 Å². The number of hydrogen-bond donors (Lipinski definition) is 1. The smallest absolute Gasteiger partial charge is 0.262 e. The zero-order chi connectivity index (χ0) is 17.2. The standard InChI is InChI=1S/C19H23N5O/c1-23-18-16(10-20-23)19(25)22-17(21-18)13-24(12-15-8-5-9-15)11-14-6-3-2-4-7-14/h2-4,6-7,10,15H,5,8-9,11-13H2,1H3,(H,21,22,25). The van der Waals surface area contributed by atoms with Crippen molar-refractivity contribution in [1.82, 2.24) is 24.6 Å². The number of H-pyrrole nitrogens is 1. The third-order valence-electron chi connectivity index (χ3n) is 5.01. The van der Waals surface area contributed by atoms with Crippen LogP contribution in [0.1, 0.15) is 30.7 Å². The van der Waals surface area contributed by atoms with Crippen LogP contribution in [0.2, 0.25) is 0 Å². The molecule has 130 valence electrons. The van der Waals surface area contributed by atoms with Crippen molar-refractivity contribution in [2.75, 3.05) is 6.54 Å². The molecule has 0 atom stereocenters. The summed E-state index contributed by atoms with van der Waals surface area (Å²) in [5.74, 6) is 1.47. The Morgan fingerprint density at radius 2 is 2.04 bits per heavy atom. The Bertz CT molecular complexity index is 910. The first-order chi connectivity index (χ1) is 12.2. The van der Waals surface area contributed by atoms with E-state index in [0.29, 0.717) is 23.4 Å². The van der Waals surface area contributed by atoms with Gasteiger partial charge in [-0.05, 0) is 24.3 Å². The molecule has 1 fully saturated rings. The Balaban J connectivity index is 1.58. The molecule has 25 heavy (non-hydrogen) atoms. The van der Waals surface area contributed by atoms with Gasteiger partial charge in [0.2, 0.25) is 0 Å². The Kier molecular flexibility index (Phi) is 4.36. The van der Waals surface area contributed by atoms with Gasteiger partial charge in [-0.1, -0.05) is 36.8 Å². The van der Waals surface area contributed by atoms with E-state index in [-0.39, 0.29) is 5.56 Å². The first-order valence-electron chi connectivity index (χ1n) is 8.86. The van der Waals surface area contributed by atoms with Gasteiger partial charge in [0.05, 0.1) is 12.7 Å². The van der Waals surface area contributed by atoms with Crippen molar-refractivity contribution in [3.05, 3.63) is 58.3 Å². The molecule has 0 spiro atoms. The summed E-state index contributed by atoms with van der Waals surface area (Å²) in [6.45, 7) is 2.55. The molecule has 3 aromatic rings. The summed E-state index contributed by atoms with van der Waals surface area (Å²) in [4.78, 5) is 22.2. The second-order valence-electron chi connectivity index (χ2n) is 6.97. The van der Waals surface area contributed by atoms with Crippen LogP contribution in [0.3, 0.4) is 0 Å². The van der Waals surface area contributed by atoms with E-state index in [1.165, 1.54) is 24.8 Å². The van der Waals surface area contributed by atoms with Gasteiger partial charge in [0, 0.05) is 20.1 Å². The summed E-state index contributed by atoms with van der Waals surface area (Å²) in [6, 6.07) is 10.5. The lowest BCUT2D eigenvalue weighted by Crippen LogP contribution is -2.33. The molecule has 0 radical (unpaired) electrons. The maximum absolute atomic E-state index is 12.3. The van der Waals surface area contributed by atoms with Crippen molar-refractivity contribution in [2.45, 2.75) is 32.4 Å². The minimum absolute atomic E-state index is 0.114. The van der Waals surface area contributed by atoms with Crippen molar-refractivity contribution in [2.24, 2.45) is 13.0 Å². The number of benzene rings is 1. The van der Waals surface area contributed by atoms with Gasteiger partial charge in [-0.3, -0.25) is 14.4 Å². The summed E-state index contributed by atoms with van der Waals surface area (Å²) in [7, 11) is 1.81. The zero-order valence-corrected chi connectivity index (χ0v) is 14.5. The fourth-order valence-electron chi connectivity index (χ4n) is 3.43. The molecule has 1 aromatic carbocycles. The lowest BCUT2D eigenvalue weighted by molar-refractivity contribution is 0.162. The van der Waals surface area contributed by atoms with E-state index >= 15 is 0 Å². The molecule has 6 nitrogen and oxygen atoms in total. The quantitative estimate of drug-likeness (QED) is 0.750. The molecule has 0 unspecified atom stereocenters. The molecule has 0 bridgehead atoms. The maximum Gasteiger partial charge on any atom is 0.262 e. The number of aromatic nitrogens is 4. The molecule has 1 aliphatic rings. The second-order valence-corrected chi connectivity index (χ2v) is 6.97. The van der Waals surface area contributed by atoms with Gasteiger partial charge >= 0.3 is 0 Å². The van der Waals surface area contributed by atoms with Crippen LogP contribution < -0.4 is 5.56 Å². The fourth-order valence-corrected chi connectivity index (χ4v) is 3.43. The zero-order valence-electron chi connectivity index (χ0n) is 14.5. The minimum atomic E-state index is -0.114. The predicted molar refractivity (Wildman–Crippen MR) is 97.0 cm³/mol. The molecule has 1 aliphatic carbocycles. The summed E-state index contributed by atoms with van der Waals surface area (Å²) < 4.78 is 1.65. The summed E-state index contributed by atoms with van der Waals surface area (Å²) in [5.41, 5.74) is 1.81. The van der Waals surface area contributed by atoms with Gasteiger partial charge < -0.3 is 4.98 Å². The van der Waals surface area contributed by atoms with E-state index in [9.17, 15) is 4.79 Å². The average Bonchev–Trinajstić information content (AvgIpc) is 2.94. The van der Waals surface area contributed by atoms with Crippen molar-refractivity contribution >= 4 is 11.0 Å². The number of rotatable bonds is 6. The molecular weight excluding hydrogens is 314 g/mol. The van der Waals surface area contributed by atoms with Gasteiger partial charge in [0.15, 0.2) is 5.65 Å². The summed E-state index contributed by atoms with van der Waals surface area (Å²) in [6.07, 6.45) is 5.51. The third-order valence-corrected chi connectivity index (χ3v) is 5.01. The van der Waals surface area contributed by atoms with Crippen LogP contribution in [0.4, 0.5) is 0 Å². The van der Waals surface area contributed by atoms with E-state index < -0.39 is 0 Å². The highest BCUT2D eigenvalue weighted by Crippen LogP contribution is 2.28. The number of hydrogen-bond acceptors (Lipinski definition) is 4. The second kappa shape index (κ2) is 6.80. The monoisotopic (exact) mass is 337 g/mol. The Morgan fingerprint density at radius 1 is 1.24 bits per heavy atom. The molecule has 1 N–H and O–H groups in total. The third kappa shape index (κ3) is 3.49. The summed E-state index contributed by atoms with van der Waals surface area (Å²) >= 11 is 0. The van der Waals surface area contributed by atoms with Crippen LogP contribution >= 0.6 is 0 Å². The van der Waals surface area contributed by atoms with Gasteiger partial charge in [-0.2, -0.15) is 5.10 Å². The largest absolute Gasteiger partial charge is 0.309 e. The van der Waals surface area contributed by atoms with E-state index in [1.807, 2.05) is 13.1 Å². The first-order valence-corrected chi connectivity index (χ1v) is 8.86. The Hall–Kier alpha value is -2.47. The van der Waals surface area contributed by atoms with Gasteiger partial charge in [0.1, 0.15) is 11.2 Å². The highest BCUT2D eigenvalue weighted by molar-refractivity contribution is 5.72. The van der Waals surface area contributed by atoms with Crippen LogP contribution in [0.5, 0.6) is 0 Å². The number of aryl methyl sites for hydroxylation is 1. The highest BCUT2D eigenvalue weighted by Gasteiger charge is 2.22. The van der Waals surface area contributed by atoms with Gasteiger partial charge in [-0.25, -0.2) is 4.98 Å². The molecule has 6 heteroatoms. The number of nitrogens with one attached hydrogen (secondary N) is 1. The Morgan fingerprint density at radius 3 is 2.76 bits per heavy atom. The highest BCUT2D eigenvalue weighted by atomic mass is 16.1. The number of fused-ring (bicyclic) bond motifs is 1. The molecular formula is C19H23N5O. The lowest BCUT2D eigenvalue weighted by atomic mass is 9.85. The molecule has 0 amide bonds.